The van der Waals surface area contributed by atoms with Crippen LogP contribution in [0, 0.1) is 0 Å². The first-order valence-electron chi connectivity index (χ1n) is 6.17. The van der Waals surface area contributed by atoms with E-state index in [1.807, 2.05) is 12.4 Å². The number of benzene rings is 1. The van der Waals surface area contributed by atoms with Gasteiger partial charge in [0.25, 0.3) is 0 Å². The molecule has 1 aromatic heterocycles. The van der Waals surface area contributed by atoms with E-state index in [1.165, 1.54) is 16.3 Å². The van der Waals surface area contributed by atoms with Crippen LogP contribution in [0.15, 0.2) is 36.7 Å². The molecule has 0 atom stereocenters. The van der Waals surface area contributed by atoms with Gasteiger partial charge in [0.05, 0.1) is 0 Å². The fourth-order valence-electron chi connectivity index (χ4n) is 2.70. The van der Waals surface area contributed by atoms with Gasteiger partial charge in [0.15, 0.2) is 0 Å². The molecule has 1 saturated carbocycles. The van der Waals surface area contributed by atoms with Crippen LogP contribution in [-0.2, 0) is 5.41 Å². The van der Waals surface area contributed by atoms with Crippen molar-refractivity contribution in [1.29, 1.82) is 0 Å². The number of hydrogen-bond donors (Lipinski definition) is 1. The van der Waals surface area contributed by atoms with Gasteiger partial charge in [-0.15, -0.1) is 0 Å². The second-order valence-corrected chi connectivity index (χ2v) is 5.68. The highest BCUT2D eigenvalue weighted by molar-refractivity contribution is 5.86. The third-order valence-corrected chi connectivity index (χ3v) is 4.39. The molecule has 1 aliphatic carbocycles. The molecule has 2 heteroatoms. The van der Waals surface area contributed by atoms with E-state index >= 15 is 0 Å². The van der Waals surface area contributed by atoms with E-state index in [9.17, 15) is 0 Å². The van der Waals surface area contributed by atoms with E-state index in [0.29, 0.717) is 0 Å². The summed E-state index contributed by atoms with van der Waals surface area (Å²) in [6, 6.07) is 8.51. The van der Waals surface area contributed by atoms with Crippen LogP contribution in [-0.4, -0.2) is 10.5 Å². The van der Waals surface area contributed by atoms with Crippen molar-refractivity contribution < 1.29 is 0 Å². The van der Waals surface area contributed by atoms with Gasteiger partial charge >= 0.3 is 0 Å². The Hall–Kier alpha value is -1.41. The predicted molar refractivity (Wildman–Crippen MR) is 70.9 cm³/mol. The predicted octanol–water partition coefficient (Wildman–Crippen LogP) is 3.00. The van der Waals surface area contributed by atoms with Crippen LogP contribution < -0.4 is 5.73 Å². The molecule has 3 rings (SSSR count). The van der Waals surface area contributed by atoms with E-state index in [-0.39, 0.29) is 11.0 Å². The molecule has 0 unspecified atom stereocenters. The molecular formula is C15H18N2. The lowest BCUT2D eigenvalue weighted by molar-refractivity contribution is 0.394. The summed E-state index contributed by atoms with van der Waals surface area (Å²) in [7, 11) is 0. The molecule has 1 heterocycles. The highest BCUT2D eigenvalue weighted by Gasteiger charge is 2.52. The standard InChI is InChI=1S/C15H18N2/c1-14(2,15(16)7-8-15)13-5-3-4-11-10-17-9-6-12(11)13/h3-6,9-10H,7-8,16H2,1-2H3. The van der Waals surface area contributed by atoms with Gasteiger partial charge in [0.1, 0.15) is 0 Å². The summed E-state index contributed by atoms with van der Waals surface area (Å²) in [5.41, 5.74) is 7.78. The molecule has 1 aromatic carbocycles. The molecule has 2 N–H and O–H groups in total. The first-order chi connectivity index (χ1) is 8.05. The Balaban J connectivity index is 2.24. The molecule has 0 amide bonds. The number of rotatable bonds is 2. The van der Waals surface area contributed by atoms with Crippen molar-refractivity contribution in [3.63, 3.8) is 0 Å². The molecule has 0 bridgehead atoms. The first kappa shape index (κ1) is 10.7. The average molecular weight is 226 g/mol. The van der Waals surface area contributed by atoms with Crippen molar-refractivity contribution in [3.8, 4) is 0 Å². The molecule has 0 radical (unpaired) electrons. The van der Waals surface area contributed by atoms with Crippen LogP contribution in [0.4, 0.5) is 0 Å². The fourth-order valence-corrected chi connectivity index (χ4v) is 2.70. The van der Waals surface area contributed by atoms with E-state index in [2.05, 4.69) is 43.1 Å². The molecule has 0 spiro atoms. The van der Waals surface area contributed by atoms with Gasteiger partial charge in [0, 0.05) is 28.7 Å². The van der Waals surface area contributed by atoms with Gasteiger partial charge in [-0.25, -0.2) is 0 Å². The van der Waals surface area contributed by atoms with Crippen LogP contribution in [0.5, 0.6) is 0 Å². The van der Waals surface area contributed by atoms with Crippen LogP contribution in [0.2, 0.25) is 0 Å². The summed E-state index contributed by atoms with van der Waals surface area (Å²) < 4.78 is 0. The third-order valence-electron chi connectivity index (χ3n) is 4.39. The Morgan fingerprint density at radius 1 is 1.24 bits per heavy atom. The minimum Gasteiger partial charge on any atom is -0.324 e. The molecule has 2 aromatic rings. The summed E-state index contributed by atoms with van der Waals surface area (Å²) in [5.74, 6) is 0. The lowest BCUT2D eigenvalue weighted by Gasteiger charge is -2.33. The van der Waals surface area contributed by atoms with Crippen LogP contribution >= 0.6 is 0 Å². The highest BCUT2D eigenvalue weighted by Crippen LogP contribution is 2.50. The SMILES string of the molecule is CC(C)(c1cccc2cnccc12)C1(N)CC1. The van der Waals surface area contributed by atoms with Crippen molar-refractivity contribution in [3.05, 3.63) is 42.2 Å². The van der Waals surface area contributed by atoms with Gasteiger partial charge in [-0.05, 0) is 29.9 Å². The van der Waals surface area contributed by atoms with E-state index in [4.69, 9.17) is 5.73 Å². The second kappa shape index (κ2) is 3.30. The molecule has 2 nitrogen and oxygen atoms in total. The van der Waals surface area contributed by atoms with E-state index in [0.717, 1.165) is 12.8 Å². The summed E-state index contributed by atoms with van der Waals surface area (Å²) >= 11 is 0. The summed E-state index contributed by atoms with van der Waals surface area (Å²) in [6.07, 6.45) is 6.03. The molecule has 0 saturated heterocycles. The quantitative estimate of drug-likeness (QED) is 0.855. The monoisotopic (exact) mass is 226 g/mol. The number of aromatic nitrogens is 1. The molecule has 88 valence electrons. The maximum absolute atomic E-state index is 6.43. The van der Waals surface area contributed by atoms with Crippen molar-refractivity contribution >= 4 is 10.8 Å². The Morgan fingerprint density at radius 3 is 2.71 bits per heavy atom. The van der Waals surface area contributed by atoms with Gasteiger partial charge in [0.2, 0.25) is 0 Å². The first-order valence-corrected chi connectivity index (χ1v) is 6.17. The zero-order chi connectivity index (χ0) is 12.1. The summed E-state index contributed by atoms with van der Waals surface area (Å²) in [6.45, 7) is 4.52. The molecular weight excluding hydrogens is 208 g/mol. The van der Waals surface area contributed by atoms with Gasteiger partial charge in [-0.1, -0.05) is 32.0 Å². The fraction of sp³-hybridized carbons (Fsp3) is 0.400. The molecule has 1 fully saturated rings. The number of pyridine rings is 1. The van der Waals surface area contributed by atoms with Crippen molar-refractivity contribution in [1.82, 2.24) is 4.98 Å². The van der Waals surface area contributed by atoms with E-state index < -0.39 is 0 Å². The largest absolute Gasteiger partial charge is 0.324 e. The van der Waals surface area contributed by atoms with Crippen LogP contribution in [0.25, 0.3) is 10.8 Å². The third kappa shape index (κ3) is 1.48. The van der Waals surface area contributed by atoms with Gasteiger partial charge < -0.3 is 5.73 Å². The molecule has 1 aliphatic rings. The normalized spacial score (nSPS) is 18.3. The van der Waals surface area contributed by atoms with Crippen LogP contribution in [0.1, 0.15) is 32.3 Å². The maximum atomic E-state index is 6.43. The zero-order valence-corrected chi connectivity index (χ0v) is 10.4. The smallest absolute Gasteiger partial charge is 0.0346 e. The Kier molecular flexibility index (Phi) is 2.08. The maximum Gasteiger partial charge on any atom is 0.0346 e. The number of fused-ring (bicyclic) bond motifs is 1. The number of nitrogens with zero attached hydrogens (tertiary/aromatic N) is 1. The van der Waals surface area contributed by atoms with E-state index in [1.54, 1.807) is 0 Å². The number of hydrogen-bond acceptors (Lipinski definition) is 2. The topological polar surface area (TPSA) is 38.9 Å². The summed E-state index contributed by atoms with van der Waals surface area (Å²) in [4.78, 5) is 4.18. The Bertz CT molecular complexity index is 563. The van der Waals surface area contributed by atoms with Crippen LogP contribution in [0.3, 0.4) is 0 Å². The Labute approximate surface area is 102 Å². The number of nitrogens with two attached hydrogens (primary N) is 1. The van der Waals surface area contributed by atoms with Gasteiger partial charge in [-0.2, -0.15) is 0 Å². The molecule has 17 heavy (non-hydrogen) atoms. The lowest BCUT2D eigenvalue weighted by atomic mass is 9.74. The van der Waals surface area contributed by atoms with Crippen molar-refractivity contribution in [2.75, 3.05) is 0 Å². The molecule has 0 aliphatic heterocycles. The lowest BCUT2D eigenvalue weighted by Crippen LogP contribution is -2.43. The highest BCUT2D eigenvalue weighted by atomic mass is 14.9. The van der Waals surface area contributed by atoms with Crippen molar-refractivity contribution in [2.24, 2.45) is 5.73 Å². The van der Waals surface area contributed by atoms with Gasteiger partial charge in [-0.3, -0.25) is 4.98 Å². The Morgan fingerprint density at radius 2 is 2.00 bits per heavy atom. The summed E-state index contributed by atoms with van der Waals surface area (Å²) in [5, 5.41) is 2.48. The van der Waals surface area contributed by atoms with Crippen molar-refractivity contribution in [2.45, 2.75) is 37.6 Å². The minimum atomic E-state index is -0.0233. The average Bonchev–Trinajstić information content (AvgIpc) is 3.08. The second-order valence-electron chi connectivity index (χ2n) is 5.68. The zero-order valence-electron chi connectivity index (χ0n) is 10.4. The minimum absolute atomic E-state index is 0.0217.